The molecule has 9 nitrogen and oxygen atoms in total. The monoisotopic (exact) mass is 926 g/mol. The first kappa shape index (κ1) is 48.8. The molecule has 5 aromatic rings. The molecule has 0 bridgehead atoms. The number of halogens is 3. The van der Waals surface area contributed by atoms with E-state index in [1.807, 2.05) is 97.9 Å². The summed E-state index contributed by atoms with van der Waals surface area (Å²) in [5, 5.41) is 33.4. The van der Waals surface area contributed by atoms with Gasteiger partial charge in [0, 0.05) is 28.9 Å². The third kappa shape index (κ3) is 11.0. The van der Waals surface area contributed by atoms with Gasteiger partial charge in [0.25, 0.3) is 5.60 Å². The molecule has 0 saturated heterocycles. The minimum absolute atomic E-state index is 0.0914. The van der Waals surface area contributed by atoms with Gasteiger partial charge in [0.2, 0.25) is 0 Å². The quantitative estimate of drug-likeness (QED) is 0.0571. The van der Waals surface area contributed by atoms with Crippen molar-refractivity contribution in [2.24, 2.45) is 5.41 Å². The van der Waals surface area contributed by atoms with Gasteiger partial charge in [-0.2, -0.15) is 29.0 Å². The van der Waals surface area contributed by atoms with Crippen molar-refractivity contribution < 1.29 is 37.0 Å². The fourth-order valence-electron chi connectivity index (χ4n) is 8.93. The van der Waals surface area contributed by atoms with Crippen molar-refractivity contribution in [2.45, 2.75) is 64.8 Å². The molecule has 0 saturated carbocycles. The normalized spacial score (nSPS) is 17.3. The second-order valence-corrected chi connectivity index (χ2v) is 17.5. The van der Waals surface area contributed by atoms with E-state index in [0.29, 0.717) is 19.5 Å². The first-order valence-electron chi connectivity index (χ1n) is 22.5. The molecule has 7 rings (SSSR count). The lowest BCUT2D eigenvalue weighted by Crippen LogP contribution is -2.43. The average Bonchev–Trinajstić information content (AvgIpc) is 3.68. The minimum atomic E-state index is -5.08. The summed E-state index contributed by atoms with van der Waals surface area (Å²) in [5.74, 6) is -1.67. The molecule has 1 heterocycles. The summed E-state index contributed by atoms with van der Waals surface area (Å²) in [6, 6.07) is 37.7. The van der Waals surface area contributed by atoms with Crippen molar-refractivity contribution in [1.82, 2.24) is 0 Å². The number of carbonyl (C=O) groups is 2. The number of allylic oxidation sites excluding steroid dienone is 8. The number of carbonyl (C=O) groups excluding carboxylic acids is 2. The lowest BCUT2D eigenvalue weighted by Gasteiger charge is -2.33. The van der Waals surface area contributed by atoms with E-state index in [9.17, 15) is 25.4 Å². The number of esters is 2. The van der Waals surface area contributed by atoms with Crippen molar-refractivity contribution in [2.75, 3.05) is 24.6 Å². The van der Waals surface area contributed by atoms with Gasteiger partial charge in [0.1, 0.15) is 37.0 Å². The molecule has 1 aliphatic carbocycles. The van der Waals surface area contributed by atoms with Gasteiger partial charge < -0.3 is 19.1 Å². The van der Waals surface area contributed by atoms with Gasteiger partial charge in [-0.1, -0.05) is 141 Å². The Kier molecular flexibility index (Phi) is 15.0. The topological polar surface area (TPSA) is 136 Å². The summed E-state index contributed by atoms with van der Waals surface area (Å²) < 4.78 is 62.3. The number of benzene rings is 5. The molecule has 0 radical (unpaired) electrons. The number of anilines is 1. The number of hydrogen-bond acceptors (Lipinski definition) is 9. The van der Waals surface area contributed by atoms with Crippen molar-refractivity contribution in [3.63, 3.8) is 0 Å². The number of rotatable bonds is 15. The molecular weight excluding hydrogens is 878 g/mol. The van der Waals surface area contributed by atoms with Crippen molar-refractivity contribution in [1.29, 1.82) is 15.8 Å². The average molecular weight is 927 g/mol. The number of likely N-dealkylation sites (N-methyl/N-ethyl adjacent to an activating group) is 1. The third-order valence-electron chi connectivity index (χ3n) is 12.1. The molecule has 348 valence electrons. The van der Waals surface area contributed by atoms with Crippen molar-refractivity contribution in [3.8, 4) is 18.2 Å². The van der Waals surface area contributed by atoms with E-state index in [-0.39, 0.29) is 37.0 Å². The van der Waals surface area contributed by atoms with Crippen LogP contribution in [0.5, 0.6) is 0 Å². The lowest BCUT2D eigenvalue weighted by molar-refractivity contribution is -0.249. The van der Waals surface area contributed by atoms with Gasteiger partial charge in [-0.05, 0) is 81.6 Å². The van der Waals surface area contributed by atoms with Crippen LogP contribution in [0.15, 0.2) is 173 Å². The highest BCUT2D eigenvalue weighted by Crippen LogP contribution is 2.56. The van der Waals surface area contributed by atoms with Crippen LogP contribution in [0.1, 0.15) is 63.1 Å². The summed E-state index contributed by atoms with van der Waals surface area (Å²) >= 11 is 0. The Labute approximate surface area is 399 Å². The highest BCUT2D eigenvalue weighted by Gasteiger charge is 2.65. The van der Waals surface area contributed by atoms with Crippen LogP contribution in [0.25, 0.3) is 27.6 Å². The zero-order chi connectivity index (χ0) is 49.2. The molecule has 0 fully saturated rings. The molecule has 1 atom stereocenters. The molecule has 0 aromatic heterocycles. The van der Waals surface area contributed by atoms with Crippen LogP contribution in [0.4, 0.5) is 18.9 Å². The summed E-state index contributed by atoms with van der Waals surface area (Å²) in [6.45, 7) is 7.57. The predicted molar refractivity (Wildman–Crippen MR) is 259 cm³/mol. The van der Waals surface area contributed by atoms with Crippen molar-refractivity contribution >= 4 is 45.2 Å². The molecule has 0 N–H and O–H groups in total. The maximum absolute atomic E-state index is 15.2. The summed E-state index contributed by atoms with van der Waals surface area (Å²) in [4.78, 5) is 27.4. The Hall–Kier alpha value is -8.14. The highest BCUT2D eigenvalue weighted by atomic mass is 19.4. The van der Waals surface area contributed by atoms with Crippen LogP contribution in [-0.4, -0.2) is 37.8 Å². The van der Waals surface area contributed by atoms with Crippen LogP contribution in [0.3, 0.4) is 0 Å². The van der Waals surface area contributed by atoms with Crippen LogP contribution in [-0.2, 0) is 36.0 Å². The molecule has 69 heavy (non-hydrogen) atoms. The van der Waals surface area contributed by atoms with Crippen LogP contribution < -0.4 is 4.90 Å². The molecule has 1 aliphatic heterocycles. The van der Waals surface area contributed by atoms with Gasteiger partial charge in [-0.3, -0.25) is 9.59 Å². The minimum Gasteiger partial charge on any atom is -0.465 e. The van der Waals surface area contributed by atoms with E-state index in [4.69, 9.17) is 14.2 Å². The zero-order valence-corrected chi connectivity index (χ0v) is 38.5. The van der Waals surface area contributed by atoms with Gasteiger partial charge >= 0.3 is 18.1 Å². The fourth-order valence-corrected chi connectivity index (χ4v) is 8.93. The van der Waals surface area contributed by atoms with Gasteiger partial charge in [-0.15, -0.1) is 0 Å². The zero-order valence-electron chi connectivity index (χ0n) is 38.5. The van der Waals surface area contributed by atoms with Crippen LogP contribution in [0, 0.1) is 39.4 Å². The number of fused-ring (bicyclic) bond motifs is 2. The van der Waals surface area contributed by atoms with Crippen molar-refractivity contribution in [3.05, 3.63) is 190 Å². The second-order valence-electron chi connectivity index (χ2n) is 17.5. The van der Waals surface area contributed by atoms with Gasteiger partial charge in [-0.25, -0.2) is 0 Å². The molecule has 0 amide bonds. The lowest BCUT2D eigenvalue weighted by atomic mass is 9.75. The van der Waals surface area contributed by atoms with E-state index in [0.717, 1.165) is 55.9 Å². The van der Waals surface area contributed by atoms with E-state index in [1.165, 1.54) is 36.4 Å². The first-order valence-corrected chi connectivity index (χ1v) is 22.5. The Morgan fingerprint density at radius 3 is 2.03 bits per heavy atom. The number of nitriles is 3. The Morgan fingerprint density at radius 1 is 0.797 bits per heavy atom. The summed E-state index contributed by atoms with van der Waals surface area (Å²) in [5.41, 5.74) is -0.770. The fraction of sp³-hybridized carbons (Fsp3) is 0.246. The summed E-state index contributed by atoms with van der Waals surface area (Å²) in [7, 11) is 0. The molecular formula is C57H49F3N4O5. The predicted octanol–water partition coefficient (Wildman–Crippen LogP) is 12.7. The van der Waals surface area contributed by atoms with Gasteiger partial charge in [0.15, 0.2) is 11.3 Å². The molecule has 1 unspecified atom stereocenters. The number of nitrogens with zero attached hydrogens (tertiary/aromatic N) is 4. The highest BCUT2D eigenvalue weighted by molar-refractivity contribution is 6.02. The van der Waals surface area contributed by atoms with E-state index in [1.54, 1.807) is 30.4 Å². The first-order chi connectivity index (χ1) is 33.2. The SMILES string of the molecule is CCN(CCOC(=O)CCC(=O)OCc1c2ccccc2cc2ccccc12)c1ccc(/C=C/C2=CC(=C/C=C/C3=C(C#N)C(=C(C#N)C#N)OC3(c3ccccc3)C(F)(F)F)/CC(C)(C)C2)cc1. The molecule has 2 aliphatic rings. The van der Waals surface area contributed by atoms with Crippen LogP contribution in [0.2, 0.25) is 0 Å². The summed E-state index contributed by atoms with van der Waals surface area (Å²) in [6.07, 6.45) is 6.44. The maximum atomic E-state index is 15.2. The number of alkyl halides is 3. The second kappa shape index (κ2) is 21.2. The van der Waals surface area contributed by atoms with E-state index >= 15 is 13.2 Å². The van der Waals surface area contributed by atoms with Gasteiger partial charge in [0.05, 0.1) is 19.4 Å². The van der Waals surface area contributed by atoms with E-state index < -0.39 is 46.2 Å². The Morgan fingerprint density at radius 2 is 1.42 bits per heavy atom. The molecule has 5 aromatic carbocycles. The number of hydrogen-bond donors (Lipinski definition) is 0. The maximum Gasteiger partial charge on any atom is 0.437 e. The largest absolute Gasteiger partial charge is 0.465 e. The standard InChI is InChI=1S/C57H49F3N4O5/c1-4-64(29-30-67-52(65)27-28-53(66)68-38-50-47-18-10-8-14-42(47)32-43-15-9-11-19-48(43)50)46-25-23-39(24-26-46)21-22-41-31-40(33-55(2,3)34-41)13-12-20-51-49(37-63)54(44(35-61)36-62)69-56(51,57(58,59)60)45-16-6-5-7-17-45/h5-26,31-32H,4,27-30,33-34,38H2,1-3H3/b20-12+,22-21+,40-13-. The Balaban J connectivity index is 0.962. The van der Waals surface area contributed by atoms with E-state index in [2.05, 4.69) is 24.8 Å². The smallest absolute Gasteiger partial charge is 0.437 e. The molecule has 12 heteroatoms. The Bertz CT molecular complexity index is 3020. The third-order valence-corrected chi connectivity index (χ3v) is 12.1. The molecule has 0 spiro atoms. The number of ether oxygens (including phenoxy) is 3. The van der Waals surface area contributed by atoms with Crippen LogP contribution >= 0.6 is 0 Å².